The van der Waals surface area contributed by atoms with Crippen molar-refractivity contribution in [3.63, 3.8) is 0 Å². The first kappa shape index (κ1) is 94.5. The molecule has 0 saturated carbocycles. The van der Waals surface area contributed by atoms with Gasteiger partial charge in [0.05, 0.1) is 33.0 Å². The van der Waals surface area contributed by atoms with E-state index in [1.807, 2.05) is 0 Å². The van der Waals surface area contributed by atoms with Gasteiger partial charge in [0.2, 0.25) is 0 Å². The summed E-state index contributed by atoms with van der Waals surface area (Å²) in [4.78, 5) is 87.6. The number of phosphoric acid groups is 2. The molecule has 92 heavy (non-hydrogen) atoms. The number of benzene rings is 1. The first-order chi connectivity index (χ1) is 43.2. The van der Waals surface area contributed by atoms with Crippen molar-refractivity contribution in [3.05, 3.63) is 23.3 Å². The zero-order valence-corrected chi connectivity index (χ0v) is 64.0. The Morgan fingerprint density at radius 1 is 0.402 bits per heavy atom. The topological polar surface area (TPSA) is 309 Å². The molecule has 0 heterocycles. The molecule has 0 aliphatic rings. The third-order valence-electron chi connectivity index (χ3n) is 14.9. The molecule has 1 aromatic carbocycles. The third-order valence-corrected chi connectivity index (χ3v) is 16.7. The van der Waals surface area contributed by atoms with Gasteiger partial charge in [0, 0.05) is 31.7 Å². The average molecular weight is 1370 g/mol. The van der Waals surface area contributed by atoms with Gasteiger partial charge < -0.3 is 66.9 Å². The van der Waals surface area contributed by atoms with E-state index in [0.29, 0.717) is 31.2 Å². The second-order valence-corrected chi connectivity index (χ2v) is 26.3. The van der Waals surface area contributed by atoms with E-state index < -0.39 is 103 Å². The van der Waals surface area contributed by atoms with Crippen molar-refractivity contribution in [2.75, 3.05) is 46.2 Å². The van der Waals surface area contributed by atoms with Gasteiger partial charge in [-0.2, -0.15) is 0 Å². The van der Waals surface area contributed by atoms with E-state index in [2.05, 4.69) is 27.7 Å². The number of rotatable bonds is 60. The Morgan fingerprint density at radius 3 is 0.957 bits per heavy atom. The molecule has 0 aliphatic carbocycles. The third kappa shape index (κ3) is 58.5. The van der Waals surface area contributed by atoms with Gasteiger partial charge in [-0.05, 0) is 51.2 Å². The molecular weight excluding hydrogens is 1250 g/mol. The van der Waals surface area contributed by atoms with Gasteiger partial charge in [0.15, 0.2) is 12.2 Å². The zero-order valence-electron chi connectivity index (χ0n) is 58.2. The quantitative estimate of drug-likeness (QED) is 0.0180. The number of aliphatic hydroxyl groups excluding tert-OH is 1. The molecular formula is C67H120Na2O21P2. The van der Waals surface area contributed by atoms with Crippen molar-refractivity contribution in [1.82, 2.24) is 0 Å². The number of phenolic OH excluding ortho intramolecular Hbond substituents is 2. The molecule has 0 fully saturated rings. The molecule has 0 aliphatic heterocycles. The zero-order chi connectivity index (χ0) is 66.9. The standard InChI is InChI=1S/C57H110O17P2.C10H12O4.2Na/c1-5-9-13-17-21-25-29-33-37-41-54(59)67-47-52(73-56(61)43-39-35-31-27-23-19-15-11-7-3)49-71-75(63,64)69-45-51(58)46-70-76(65,66)72-50-53(74-57(62)44-40-36-32-28-24-20-16-12-8-4)48-68-55(60)42-38-34-30-26-22-18-14-10-6-2;1-3-14-10(13)9-6(2)4-7(11)5-8(9)12;;/h51-53,58H,5-50H2,1-4H3,(H,63,64)(H,65,66);4-5,11-12H,3H2,1-2H3;;/q;;2*+1/p-2. The normalized spacial score (nSPS) is 13.4. The Balaban J connectivity index is -0.00000433. The van der Waals surface area contributed by atoms with Crippen LogP contribution in [0.25, 0.3) is 0 Å². The summed E-state index contributed by atoms with van der Waals surface area (Å²) in [5.41, 5.74) is 0.589. The molecule has 21 nitrogen and oxygen atoms in total. The van der Waals surface area contributed by atoms with Gasteiger partial charge in [-0.3, -0.25) is 28.3 Å². The first-order valence-electron chi connectivity index (χ1n) is 34.5. The number of aryl methyl sites for hydroxylation is 1. The number of unbranched alkanes of at least 4 members (excludes halogenated alkanes) is 32. The fourth-order valence-corrected chi connectivity index (χ4v) is 11.2. The van der Waals surface area contributed by atoms with Crippen LogP contribution < -0.4 is 68.9 Å². The summed E-state index contributed by atoms with van der Waals surface area (Å²) in [6.45, 7) is 7.91. The Morgan fingerprint density at radius 2 is 0.674 bits per heavy atom. The minimum atomic E-state index is -5.20. The Bertz CT molecular complexity index is 1960. The van der Waals surface area contributed by atoms with Crippen molar-refractivity contribution in [2.45, 2.75) is 317 Å². The van der Waals surface area contributed by atoms with Crippen LogP contribution in [-0.4, -0.2) is 110 Å². The monoisotopic (exact) mass is 1370 g/mol. The number of ether oxygens (including phenoxy) is 5. The maximum Gasteiger partial charge on any atom is 1.00 e. The van der Waals surface area contributed by atoms with E-state index in [0.717, 1.165) is 109 Å². The van der Waals surface area contributed by atoms with Crippen LogP contribution in [0.4, 0.5) is 0 Å². The number of phenols is 2. The average Bonchev–Trinajstić information content (AvgIpc) is 1.13. The van der Waals surface area contributed by atoms with Crippen LogP contribution >= 0.6 is 15.6 Å². The van der Waals surface area contributed by atoms with Crippen LogP contribution in [0.2, 0.25) is 0 Å². The number of carbonyl (C=O) groups excluding carboxylic acids is 5. The molecule has 0 aromatic heterocycles. The van der Waals surface area contributed by atoms with Crippen LogP contribution in [0.3, 0.4) is 0 Å². The number of aliphatic hydroxyl groups is 1. The molecule has 1 rings (SSSR count). The molecule has 0 bridgehead atoms. The van der Waals surface area contributed by atoms with E-state index in [1.54, 1.807) is 13.8 Å². The van der Waals surface area contributed by atoms with Crippen LogP contribution in [0.5, 0.6) is 11.5 Å². The van der Waals surface area contributed by atoms with Crippen molar-refractivity contribution in [3.8, 4) is 11.5 Å². The Labute approximate surface area is 597 Å². The van der Waals surface area contributed by atoms with Crippen molar-refractivity contribution in [2.24, 2.45) is 0 Å². The molecule has 4 atom stereocenters. The number of phosphoric ester groups is 2. The number of hydrogen-bond donors (Lipinski definition) is 3. The summed E-state index contributed by atoms with van der Waals surface area (Å²) < 4.78 is 71.4. The number of aromatic hydroxyl groups is 2. The van der Waals surface area contributed by atoms with E-state index >= 15 is 0 Å². The van der Waals surface area contributed by atoms with Gasteiger partial charge in [-0.1, -0.05) is 233 Å². The Kier molecular flexibility index (Phi) is 65.8. The SMILES string of the molecule is CCCCCCCCCCCC(=O)OCC(COP(=O)([O-])OCC(O)COP(=O)([O-])OCC(COC(=O)CCCCCCCCCCC)OC(=O)CCCCCCCCCCC)OC(=O)CCCCCCCCCCC.CCOC(=O)c1c(C)cc(O)cc1O.[Na+].[Na+]. The summed E-state index contributed by atoms with van der Waals surface area (Å²) in [7, 11) is -10.4. The maximum atomic E-state index is 12.8. The second-order valence-electron chi connectivity index (χ2n) is 23.5. The molecule has 3 N–H and O–H groups in total. The molecule has 25 heteroatoms. The van der Waals surface area contributed by atoms with Gasteiger partial charge in [-0.15, -0.1) is 0 Å². The molecule has 0 spiro atoms. The molecule has 4 unspecified atom stereocenters. The van der Waals surface area contributed by atoms with Crippen LogP contribution in [0.15, 0.2) is 12.1 Å². The maximum absolute atomic E-state index is 12.8. The number of carbonyl (C=O) groups is 5. The second kappa shape index (κ2) is 64.1. The molecule has 526 valence electrons. The van der Waals surface area contributed by atoms with Crippen molar-refractivity contribution < 1.29 is 159 Å². The minimum absolute atomic E-state index is 0. The molecule has 0 saturated heterocycles. The summed E-state index contributed by atoms with van der Waals surface area (Å²) >= 11 is 0. The summed E-state index contributed by atoms with van der Waals surface area (Å²) in [5.74, 6) is -3.16. The van der Waals surface area contributed by atoms with Gasteiger partial charge in [0.1, 0.15) is 36.4 Å². The summed E-state index contributed by atoms with van der Waals surface area (Å²) in [6, 6.07) is 2.51. The van der Waals surface area contributed by atoms with Crippen LogP contribution in [0, 0.1) is 6.92 Å². The largest absolute Gasteiger partial charge is 1.00 e. The predicted molar refractivity (Wildman–Crippen MR) is 345 cm³/mol. The molecule has 0 radical (unpaired) electrons. The summed E-state index contributed by atoms with van der Waals surface area (Å²) in [5, 5.41) is 28.9. The van der Waals surface area contributed by atoms with Gasteiger partial charge in [0.25, 0.3) is 15.6 Å². The fraction of sp³-hybridized carbons (Fsp3) is 0.836. The van der Waals surface area contributed by atoms with Gasteiger partial charge in [-0.25, -0.2) is 4.79 Å². The van der Waals surface area contributed by atoms with E-state index in [1.165, 1.54) is 109 Å². The summed E-state index contributed by atoms with van der Waals surface area (Å²) in [6.07, 6.45) is 34.2. The van der Waals surface area contributed by atoms with Crippen molar-refractivity contribution >= 4 is 45.5 Å². The Hall–Kier alpha value is -1.65. The van der Waals surface area contributed by atoms with Crippen LogP contribution in [0.1, 0.15) is 307 Å². The molecule has 1 aromatic rings. The first-order valence-corrected chi connectivity index (χ1v) is 37.4. The van der Waals surface area contributed by atoms with E-state index in [4.69, 9.17) is 46.9 Å². The van der Waals surface area contributed by atoms with Crippen LogP contribution in [-0.2, 0) is 70.1 Å². The number of esters is 5. The van der Waals surface area contributed by atoms with Gasteiger partial charge >= 0.3 is 89.0 Å². The van der Waals surface area contributed by atoms with E-state index in [9.17, 15) is 53.1 Å². The van der Waals surface area contributed by atoms with E-state index in [-0.39, 0.29) is 108 Å². The smallest absolute Gasteiger partial charge is 0.756 e. The molecule has 0 amide bonds. The fourth-order valence-electron chi connectivity index (χ4n) is 9.60. The number of hydrogen-bond acceptors (Lipinski definition) is 21. The predicted octanol–water partition coefficient (Wildman–Crippen LogP) is 9.54. The minimum Gasteiger partial charge on any atom is -0.756 e. The van der Waals surface area contributed by atoms with Crippen molar-refractivity contribution in [1.29, 1.82) is 0 Å².